The molecule has 0 saturated heterocycles. The molecule has 5 nitrogen and oxygen atoms in total. The van der Waals surface area contributed by atoms with Gasteiger partial charge in [-0.15, -0.1) is 11.3 Å². The molecule has 6 heteroatoms. The SMILES string of the molecule is Cc1nc(COc2cccc(C(=O)N(C)CC(O)C3CC3)c2)cs1. The minimum atomic E-state index is -0.425. The van der Waals surface area contributed by atoms with Crippen LogP contribution in [-0.4, -0.2) is 40.6 Å². The third-order valence-corrected chi connectivity index (χ3v) is 4.93. The lowest BCUT2D eigenvalue weighted by Gasteiger charge is -2.21. The number of aliphatic hydroxyl groups excluding tert-OH is 1. The third kappa shape index (κ3) is 4.33. The molecular weight excluding hydrogens is 324 g/mol. The molecule has 1 atom stereocenters. The first-order valence-electron chi connectivity index (χ1n) is 8.10. The largest absolute Gasteiger partial charge is 0.487 e. The summed E-state index contributed by atoms with van der Waals surface area (Å²) in [7, 11) is 1.72. The molecule has 1 aromatic carbocycles. The van der Waals surface area contributed by atoms with E-state index >= 15 is 0 Å². The second-order valence-electron chi connectivity index (χ2n) is 6.26. The zero-order chi connectivity index (χ0) is 17.1. The van der Waals surface area contributed by atoms with E-state index in [0.717, 1.165) is 23.5 Å². The van der Waals surface area contributed by atoms with E-state index in [-0.39, 0.29) is 5.91 Å². The third-order valence-electron chi connectivity index (χ3n) is 4.11. The first-order chi connectivity index (χ1) is 11.5. The Kier molecular flexibility index (Phi) is 5.16. The number of hydrogen-bond acceptors (Lipinski definition) is 5. The lowest BCUT2D eigenvalue weighted by molar-refractivity contribution is 0.0645. The maximum absolute atomic E-state index is 12.5. The lowest BCUT2D eigenvalue weighted by Crippen LogP contribution is -2.35. The van der Waals surface area contributed by atoms with Gasteiger partial charge in [0.25, 0.3) is 5.91 Å². The van der Waals surface area contributed by atoms with Gasteiger partial charge in [-0.25, -0.2) is 4.98 Å². The molecule has 0 spiro atoms. The molecule has 1 aliphatic rings. The van der Waals surface area contributed by atoms with Crippen LogP contribution in [0.1, 0.15) is 33.9 Å². The average Bonchev–Trinajstić information content (AvgIpc) is 3.35. The van der Waals surface area contributed by atoms with Crippen LogP contribution in [0.4, 0.5) is 0 Å². The molecule has 1 saturated carbocycles. The highest BCUT2D eigenvalue weighted by Crippen LogP contribution is 2.32. The number of nitrogens with zero attached hydrogens (tertiary/aromatic N) is 2. The summed E-state index contributed by atoms with van der Waals surface area (Å²) in [6, 6.07) is 7.14. The van der Waals surface area contributed by atoms with E-state index in [2.05, 4.69) is 4.98 Å². The molecular formula is C18H22N2O3S. The highest BCUT2D eigenvalue weighted by atomic mass is 32.1. The Balaban J connectivity index is 1.59. The lowest BCUT2D eigenvalue weighted by atomic mass is 10.1. The number of aromatic nitrogens is 1. The number of likely N-dealkylation sites (N-methyl/N-ethyl adjacent to an activating group) is 1. The van der Waals surface area contributed by atoms with E-state index in [1.54, 1.807) is 41.5 Å². The van der Waals surface area contributed by atoms with Gasteiger partial charge in [-0.1, -0.05) is 6.07 Å². The van der Waals surface area contributed by atoms with Gasteiger partial charge >= 0.3 is 0 Å². The fraction of sp³-hybridized carbons (Fsp3) is 0.444. The predicted molar refractivity (Wildman–Crippen MR) is 93.3 cm³/mol. The monoisotopic (exact) mass is 346 g/mol. The number of rotatable bonds is 7. The first-order valence-corrected chi connectivity index (χ1v) is 8.98. The van der Waals surface area contributed by atoms with Gasteiger partial charge in [0.05, 0.1) is 16.8 Å². The average molecular weight is 346 g/mol. The summed E-state index contributed by atoms with van der Waals surface area (Å²) in [4.78, 5) is 18.4. The van der Waals surface area contributed by atoms with Crippen molar-refractivity contribution >= 4 is 17.2 Å². The Morgan fingerprint density at radius 2 is 2.29 bits per heavy atom. The minimum Gasteiger partial charge on any atom is -0.487 e. The Morgan fingerprint density at radius 3 is 2.96 bits per heavy atom. The molecule has 1 aromatic heterocycles. The predicted octanol–water partition coefficient (Wildman–Crippen LogP) is 2.87. The van der Waals surface area contributed by atoms with Crippen LogP contribution in [0.2, 0.25) is 0 Å². The maximum atomic E-state index is 12.5. The van der Waals surface area contributed by atoms with Crippen LogP contribution < -0.4 is 4.74 Å². The topological polar surface area (TPSA) is 62.7 Å². The van der Waals surface area contributed by atoms with E-state index < -0.39 is 6.10 Å². The van der Waals surface area contributed by atoms with Crippen molar-refractivity contribution in [1.82, 2.24) is 9.88 Å². The standard InChI is InChI=1S/C18H22N2O3S/c1-12-19-15(11-24-12)10-23-16-5-3-4-14(8-16)18(22)20(2)9-17(21)13-6-7-13/h3-5,8,11,13,17,21H,6-7,9-10H2,1-2H3. The van der Waals surface area contributed by atoms with Crippen molar-refractivity contribution in [3.8, 4) is 5.75 Å². The van der Waals surface area contributed by atoms with Gasteiger partial charge in [0.1, 0.15) is 12.4 Å². The fourth-order valence-electron chi connectivity index (χ4n) is 2.56. The zero-order valence-corrected chi connectivity index (χ0v) is 14.8. The van der Waals surface area contributed by atoms with Gasteiger partial charge in [0.15, 0.2) is 0 Å². The van der Waals surface area contributed by atoms with Crippen LogP contribution in [0.5, 0.6) is 5.75 Å². The summed E-state index contributed by atoms with van der Waals surface area (Å²) in [5.74, 6) is 0.892. The Labute approximate surface area is 145 Å². The van der Waals surface area contributed by atoms with Crippen molar-refractivity contribution in [1.29, 1.82) is 0 Å². The van der Waals surface area contributed by atoms with Crippen LogP contribution in [0.3, 0.4) is 0 Å². The summed E-state index contributed by atoms with van der Waals surface area (Å²) in [5, 5.41) is 13.0. The zero-order valence-electron chi connectivity index (χ0n) is 13.9. The molecule has 2 aromatic rings. The van der Waals surface area contributed by atoms with Crippen LogP contribution in [0, 0.1) is 12.8 Å². The van der Waals surface area contributed by atoms with Gasteiger partial charge in [-0.3, -0.25) is 4.79 Å². The van der Waals surface area contributed by atoms with E-state index in [1.807, 2.05) is 18.4 Å². The Hall–Kier alpha value is -1.92. The molecule has 1 aliphatic carbocycles. The van der Waals surface area contributed by atoms with E-state index in [0.29, 0.717) is 30.4 Å². The van der Waals surface area contributed by atoms with E-state index in [9.17, 15) is 9.90 Å². The van der Waals surface area contributed by atoms with Crippen molar-refractivity contribution in [3.63, 3.8) is 0 Å². The molecule has 0 bridgehead atoms. The summed E-state index contributed by atoms with van der Waals surface area (Å²) in [5.41, 5.74) is 1.45. The highest BCUT2D eigenvalue weighted by molar-refractivity contribution is 7.09. The second kappa shape index (κ2) is 7.32. The van der Waals surface area contributed by atoms with Crippen LogP contribution in [0.15, 0.2) is 29.6 Å². The van der Waals surface area contributed by atoms with Crippen LogP contribution >= 0.6 is 11.3 Å². The Bertz CT molecular complexity index is 712. The molecule has 1 amide bonds. The van der Waals surface area contributed by atoms with Gasteiger partial charge < -0.3 is 14.7 Å². The molecule has 1 fully saturated rings. The summed E-state index contributed by atoms with van der Waals surface area (Å²) >= 11 is 1.59. The normalized spacial score (nSPS) is 15.1. The van der Waals surface area contributed by atoms with E-state index in [4.69, 9.17) is 4.74 Å². The molecule has 1 unspecified atom stereocenters. The number of amides is 1. The maximum Gasteiger partial charge on any atom is 0.253 e. The van der Waals surface area contributed by atoms with Crippen molar-refractivity contribution in [3.05, 3.63) is 45.9 Å². The quantitative estimate of drug-likeness (QED) is 0.837. The number of benzene rings is 1. The van der Waals surface area contributed by atoms with Crippen molar-refractivity contribution < 1.29 is 14.6 Å². The van der Waals surface area contributed by atoms with Crippen molar-refractivity contribution in [2.45, 2.75) is 32.5 Å². The summed E-state index contributed by atoms with van der Waals surface area (Å²) < 4.78 is 5.73. The second-order valence-corrected chi connectivity index (χ2v) is 7.33. The van der Waals surface area contributed by atoms with Gasteiger partial charge in [-0.2, -0.15) is 0 Å². The molecule has 3 rings (SSSR count). The fourth-order valence-corrected chi connectivity index (χ4v) is 3.16. The molecule has 128 valence electrons. The van der Waals surface area contributed by atoms with Gasteiger partial charge in [0, 0.05) is 24.5 Å². The molecule has 1 heterocycles. The summed E-state index contributed by atoms with van der Waals surface area (Å²) in [6.07, 6.45) is 1.69. The number of ether oxygens (including phenoxy) is 1. The van der Waals surface area contributed by atoms with Crippen LogP contribution in [0.25, 0.3) is 0 Å². The number of aliphatic hydroxyl groups is 1. The number of carbonyl (C=O) groups is 1. The van der Waals surface area contributed by atoms with E-state index in [1.165, 1.54) is 0 Å². The molecule has 24 heavy (non-hydrogen) atoms. The highest BCUT2D eigenvalue weighted by Gasteiger charge is 2.31. The molecule has 1 N–H and O–H groups in total. The molecule has 0 radical (unpaired) electrons. The van der Waals surface area contributed by atoms with Gasteiger partial charge in [-0.05, 0) is 43.9 Å². The Morgan fingerprint density at radius 1 is 1.50 bits per heavy atom. The summed E-state index contributed by atoms with van der Waals surface area (Å²) in [6.45, 7) is 2.71. The number of hydrogen-bond donors (Lipinski definition) is 1. The van der Waals surface area contributed by atoms with Crippen molar-refractivity contribution in [2.24, 2.45) is 5.92 Å². The first kappa shape index (κ1) is 16.9. The molecule has 0 aliphatic heterocycles. The van der Waals surface area contributed by atoms with Crippen molar-refractivity contribution in [2.75, 3.05) is 13.6 Å². The number of aryl methyl sites for hydroxylation is 1. The number of carbonyl (C=O) groups excluding carboxylic acids is 1. The minimum absolute atomic E-state index is 0.107. The van der Waals surface area contributed by atoms with Gasteiger partial charge in [0.2, 0.25) is 0 Å². The van der Waals surface area contributed by atoms with Crippen LogP contribution in [-0.2, 0) is 6.61 Å². The number of thiazole rings is 1. The smallest absolute Gasteiger partial charge is 0.253 e.